The first kappa shape index (κ1) is 16.8. The van der Waals surface area contributed by atoms with Crippen LogP contribution < -0.4 is 10.6 Å². The van der Waals surface area contributed by atoms with Crippen molar-refractivity contribution in [1.29, 1.82) is 0 Å². The molecule has 1 nitrogen and oxygen atoms in total. The Kier molecular flexibility index (Phi) is 3.43. The normalized spacial score (nSPS) is 31.6. The van der Waals surface area contributed by atoms with Gasteiger partial charge in [-0.1, -0.05) is 0 Å². The van der Waals surface area contributed by atoms with Crippen molar-refractivity contribution in [3.63, 3.8) is 0 Å². The maximum atomic E-state index is 4.63. The van der Waals surface area contributed by atoms with E-state index in [9.17, 15) is 0 Å². The Hall–Kier alpha value is -1.08. The number of allylic oxidation sites excluding steroid dienone is 1. The second-order valence-corrected chi connectivity index (χ2v) is 15.4. The average Bonchev–Trinajstić information content (AvgIpc) is 3.55. The Balaban J connectivity index is 1.81. The number of fused-ring (bicyclic) bond motifs is 4. The van der Waals surface area contributed by atoms with E-state index in [1.54, 1.807) is 3.57 Å². The van der Waals surface area contributed by atoms with Gasteiger partial charge in [0.25, 0.3) is 0 Å². The van der Waals surface area contributed by atoms with E-state index in [2.05, 4.69) is 95.8 Å². The number of benzene rings is 2. The molecule has 6 rings (SSSR count). The van der Waals surface area contributed by atoms with Crippen LogP contribution in [0, 0.1) is 3.57 Å². The summed E-state index contributed by atoms with van der Waals surface area (Å²) in [4.78, 5) is 0. The van der Waals surface area contributed by atoms with E-state index in [0.29, 0.717) is 3.92 Å². The molecule has 3 unspecified atom stereocenters. The Morgan fingerprint density at radius 3 is 2.59 bits per heavy atom. The molecule has 0 radical (unpaired) electrons. The van der Waals surface area contributed by atoms with Crippen LogP contribution in [-0.4, -0.2) is 16.8 Å². The minimum atomic E-state index is -0.986. The molecule has 27 heavy (non-hydrogen) atoms. The maximum absolute atomic E-state index is 4.63. The number of alkyl halides is 3. The molecule has 3 heterocycles. The van der Waals surface area contributed by atoms with Gasteiger partial charge in [0.15, 0.2) is 0 Å². The van der Waals surface area contributed by atoms with Crippen molar-refractivity contribution in [2.24, 2.45) is 0 Å². The zero-order valence-corrected chi connectivity index (χ0v) is 19.6. The molecule has 2 fully saturated rings. The molecular weight excluding hydrogens is 556 g/mol. The number of para-hydroxylation sites is 1. The molecule has 136 valence electrons. The van der Waals surface area contributed by atoms with Gasteiger partial charge in [-0.15, -0.1) is 0 Å². The third kappa shape index (κ3) is 2.16. The monoisotopic (exact) mass is 577 g/mol. The van der Waals surface area contributed by atoms with Gasteiger partial charge in [-0.2, -0.15) is 0 Å². The minimum absolute atomic E-state index is 0.184. The second kappa shape index (κ2) is 5.50. The first-order valence-corrected chi connectivity index (χ1v) is 14.5. The molecule has 1 aromatic heterocycles. The summed E-state index contributed by atoms with van der Waals surface area (Å²) < 4.78 is 7.04. The molecule has 3 atom stereocenters. The van der Waals surface area contributed by atoms with E-state index in [-0.39, 0.29) is 5.54 Å². The van der Waals surface area contributed by atoms with Crippen molar-refractivity contribution < 1.29 is 0 Å². The number of hydrogen-bond acceptors (Lipinski definition) is 0. The zero-order valence-electron chi connectivity index (χ0n) is 15.3. The predicted molar refractivity (Wildman–Crippen MR) is 132 cm³/mol. The van der Waals surface area contributed by atoms with E-state index < -0.39 is 19.8 Å². The van der Waals surface area contributed by atoms with E-state index in [0.717, 1.165) is 3.92 Å². The number of rotatable bonds is 1. The van der Waals surface area contributed by atoms with Crippen molar-refractivity contribution in [2.45, 2.75) is 26.7 Å². The van der Waals surface area contributed by atoms with Crippen molar-refractivity contribution in [2.75, 3.05) is 4.43 Å². The fourth-order valence-corrected chi connectivity index (χ4v) is 12.6. The molecule has 2 aliphatic heterocycles. The zero-order chi connectivity index (χ0) is 18.5. The molecule has 0 spiro atoms. The van der Waals surface area contributed by atoms with Gasteiger partial charge in [-0.05, 0) is 0 Å². The Bertz CT molecular complexity index is 1270. The predicted octanol–water partition coefficient (Wildman–Crippen LogP) is 4.80. The van der Waals surface area contributed by atoms with Crippen LogP contribution in [0.1, 0.15) is 18.9 Å². The summed E-state index contributed by atoms with van der Waals surface area (Å²) >= 11 is 1.61. The Labute approximate surface area is 180 Å². The Morgan fingerprint density at radius 1 is 1.11 bits per heavy atom. The SMILES string of the molecule is C=C1/C(=c2\c(=C)n(C3(C)CC3I)c3ccccc23)c2ccccc2I2CC12. The molecule has 3 aliphatic rings. The first-order chi connectivity index (χ1) is 13.0. The molecular formula is C24H21I2N. The summed E-state index contributed by atoms with van der Waals surface area (Å²) in [6.45, 7) is 11.6. The fourth-order valence-electron chi connectivity index (χ4n) is 4.78. The molecule has 2 aromatic carbocycles. The first-order valence-electron chi connectivity index (χ1n) is 9.42. The van der Waals surface area contributed by atoms with Crippen molar-refractivity contribution in [3.05, 3.63) is 80.4 Å². The fraction of sp³-hybridized carbons (Fsp3) is 0.250. The molecule has 0 N–H and O–H groups in total. The third-order valence-corrected chi connectivity index (χ3v) is 14.4. The molecule has 3 heteroatoms. The van der Waals surface area contributed by atoms with Crippen LogP contribution in [-0.2, 0) is 5.54 Å². The third-order valence-electron chi connectivity index (χ3n) is 6.46. The van der Waals surface area contributed by atoms with Gasteiger partial charge >= 0.3 is 182 Å². The van der Waals surface area contributed by atoms with Crippen molar-refractivity contribution >= 4 is 65.5 Å². The summed E-state index contributed by atoms with van der Waals surface area (Å²) in [5, 5.41) is 3.85. The van der Waals surface area contributed by atoms with Gasteiger partial charge in [0, 0.05) is 0 Å². The topological polar surface area (TPSA) is 4.93 Å². The Morgan fingerprint density at radius 2 is 1.81 bits per heavy atom. The molecule has 0 amide bonds. The second-order valence-electron chi connectivity index (χ2n) is 8.10. The van der Waals surface area contributed by atoms with Gasteiger partial charge in [0.05, 0.1) is 0 Å². The van der Waals surface area contributed by atoms with E-state index in [1.165, 1.54) is 49.0 Å². The van der Waals surface area contributed by atoms with Crippen LogP contribution in [0.5, 0.6) is 0 Å². The van der Waals surface area contributed by atoms with E-state index in [1.807, 2.05) is 0 Å². The van der Waals surface area contributed by atoms with E-state index in [4.69, 9.17) is 0 Å². The van der Waals surface area contributed by atoms with Gasteiger partial charge in [-0.3, -0.25) is 0 Å². The van der Waals surface area contributed by atoms with Crippen LogP contribution in [0.15, 0.2) is 60.7 Å². The number of aromatic nitrogens is 1. The summed E-state index contributed by atoms with van der Waals surface area (Å²) in [6, 6.07) is 18.0. The summed E-state index contributed by atoms with van der Waals surface area (Å²) in [6.07, 6.45) is 1.22. The summed E-state index contributed by atoms with van der Waals surface area (Å²) in [5.74, 6) is 0. The van der Waals surface area contributed by atoms with Crippen LogP contribution in [0.4, 0.5) is 0 Å². The number of hydrogen-bond donors (Lipinski definition) is 0. The van der Waals surface area contributed by atoms with Gasteiger partial charge in [0.1, 0.15) is 0 Å². The summed E-state index contributed by atoms with van der Waals surface area (Å²) in [5.41, 5.74) is 5.73. The van der Waals surface area contributed by atoms with Crippen molar-refractivity contribution in [1.82, 2.24) is 4.57 Å². The van der Waals surface area contributed by atoms with Crippen LogP contribution >= 0.6 is 42.4 Å². The molecule has 3 aromatic rings. The van der Waals surface area contributed by atoms with E-state index >= 15 is 0 Å². The number of nitrogens with zero attached hydrogens (tertiary/aromatic N) is 1. The standard InChI is InChI=1S/C24H21I2N/c1-14-19-13-26(19)18-10-6-4-8-16(18)22(14)23-15(2)27(24(3)12-21(24)25)20-11-7-5-9-17(20)23/h4-11,19,21H,1-2,12-13H2,3H3/b23-22-. The van der Waals surface area contributed by atoms with Crippen LogP contribution in [0.2, 0.25) is 0 Å². The van der Waals surface area contributed by atoms with Gasteiger partial charge in [-0.25, -0.2) is 0 Å². The molecule has 1 saturated carbocycles. The van der Waals surface area contributed by atoms with Gasteiger partial charge in [0.2, 0.25) is 0 Å². The van der Waals surface area contributed by atoms with Crippen LogP contribution in [0.3, 0.4) is 0 Å². The number of halogens is 2. The van der Waals surface area contributed by atoms with Crippen molar-refractivity contribution in [3.8, 4) is 0 Å². The van der Waals surface area contributed by atoms with Gasteiger partial charge < -0.3 is 0 Å². The quantitative estimate of drug-likeness (QED) is 0.290. The van der Waals surface area contributed by atoms with Crippen LogP contribution in [0.25, 0.3) is 23.1 Å². The molecule has 1 aliphatic carbocycles. The average molecular weight is 577 g/mol. The molecule has 1 saturated heterocycles. The summed E-state index contributed by atoms with van der Waals surface area (Å²) in [7, 11) is 0. The molecule has 0 bridgehead atoms.